The number of hydrogen-bond donors (Lipinski definition) is 1. The van der Waals surface area contributed by atoms with E-state index in [0.717, 1.165) is 0 Å². The Labute approximate surface area is 52.9 Å². The van der Waals surface area contributed by atoms with Gasteiger partial charge in [0.2, 0.25) is 0 Å². The zero-order chi connectivity index (χ0) is 6.69. The van der Waals surface area contributed by atoms with Crippen LogP contribution in [0.2, 0.25) is 0 Å². The van der Waals surface area contributed by atoms with Crippen molar-refractivity contribution in [1.29, 1.82) is 0 Å². The Morgan fingerprint density at radius 3 is 2.89 bits per heavy atom. The number of aliphatic carboxylic acids is 1. The summed E-state index contributed by atoms with van der Waals surface area (Å²) in [4.78, 5) is 10.2. The third-order valence-electron chi connectivity index (χ3n) is 1.24. The summed E-state index contributed by atoms with van der Waals surface area (Å²) in [5.74, 6) is -0.821. The Morgan fingerprint density at radius 2 is 2.56 bits per heavy atom. The molecule has 50 valence electrons. The van der Waals surface area contributed by atoms with Gasteiger partial charge in [-0.15, -0.1) is 0 Å². The van der Waals surface area contributed by atoms with Crippen molar-refractivity contribution in [2.45, 2.75) is 6.42 Å². The molecule has 0 aromatic rings. The van der Waals surface area contributed by atoms with E-state index in [2.05, 4.69) is 0 Å². The van der Waals surface area contributed by atoms with E-state index in [4.69, 9.17) is 9.84 Å². The predicted molar refractivity (Wildman–Crippen MR) is 31.2 cm³/mol. The van der Waals surface area contributed by atoms with Gasteiger partial charge in [-0.1, -0.05) is 0 Å². The molecule has 0 aliphatic carbocycles. The molecule has 0 atom stereocenters. The molecule has 0 saturated heterocycles. The van der Waals surface area contributed by atoms with E-state index in [1.165, 1.54) is 0 Å². The molecule has 0 amide bonds. The Kier molecular flexibility index (Phi) is 1.85. The molecule has 3 nitrogen and oxygen atoms in total. The summed E-state index contributed by atoms with van der Waals surface area (Å²) >= 11 is 0. The van der Waals surface area contributed by atoms with Crippen LogP contribution >= 0.6 is 0 Å². The van der Waals surface area contributed by atoms with Gasteiger partial charge in [-0.3, -0.25) is 0 Å². The summed E-state index contributed by atoms with van der Waals surface area (Å²) in [5.41, 5.74) is 0.473. The molecule has 0 saturated carbocycles. The molecule has 1 heterocycles. The molecular weight excluding hydrogens is 120 g/mol. The maximum atomic E-state index is 10.2. The van der Waals surface area contributed by atoms with E-state index in [1.54, 1.807) is 6.08 Å². The average molecular weight is 128 g/mol. The maximum Gasteiger partial charge on any atom is 0.331 e. The first-order valence-corrected chi connectivity index (χ1v) is 2.81. The van der Waals surface area contributed by atoms with Crippen LogP contribution in [0, 0.1) is 0 Å². The molecule has 0 spiro atoms. The summed E-state index contributed by atoms with van der Waals surface area (Å²) in [6.45, 7) is 0.986. The second-order valence-electron chi connectivity index (χ2n) is 1.86. The van der Waals surface area contributed by atoms with Gasteiger partial charge in [0.05, 0.1) is 13.2 Å². The topological polar surface area (TPSA) is 46.5 Å². The second-order valence-corrected chi connectivity index (χ2v) is 1.86. The number of hydrogen-bond acceptors (Lipinski definition) is 2. The first-order chi connectivity index (χ1) is 4.30. The standard InChI is InChI=1S/C6H8O3/c7-6(8)5-1-3-9-4-2-5/h1H,2-4H2,(H,7,8). The Balaban J connectivity index is 2.57. The average Bonchev–Trinajstić information content (AvgIpc) is 1.90. The molecule has 0 bridgehead atoms. The molecule has 3 heteroatoms. The SMILES string of the molecule is O=C(O)C1=CCOCC1. The van der Waals surface area contributed by atoms with Gasteiger partial charge in [0.15, 0.2) is 0 Å². The van der Waals surface area contributed by atoms with Crippen LogP contribution in [-0.4, -0.2) is 24.3 Å². The van der Waals surface area contributed by atoms with Crippen molar-refractivity contribution in [2.24, 2.45) is 0 Å². The minimum absolute atomic E-state index is 0.446. The molecule has 1 aliphatic rings. The fourth-order valence-electron chi connectivity index (χ4n) is 0.721. The van der Waals surface area contributed by atoms with Crippen LogP contribution in [0.1, 0.15) is 6.42 Å². The summed E-state index contributed by atoms with van der Waals surface area (Å²) in [6, 6.07) is 0. The number of carboxylic acids is 1. The molecule has 1 rings (SSSR count). The number of carboxylic acid groups (broad SMARTS) is 1. The zero-order valence-corrected chi connectivity index (χ0v) is 4.96. The van der Waals surface area contributed by atoms with Crippen molar-refractivity contribution in [3.05, 3.63) is 11.6 Å². The van der Waals surface area contributed by atoms with Gasteiger partial charge in [-0.2, -0.15) is 0 Å². The lowest BCUT2D eigenvalue weighted by Crippen LogP contribution is -2.10. The number of carbonyl (C=O) groups is 1. The van der Waals surface area contributed by atoms with Crippen molar-refractivity contribution in [1.82, 2.24) is 0 Å². The van der Waals surface area contributed by atoms with E-state index in [0.29, 0.717) is 25.2 Å². The van der Waals surface area contributed by atoms with Crippen molar-refractivity contribution in [2.75, 3.05) is 13.2 Å². The normalized spacial score (nSPS) is 18.9. The van der Waals surface area contributed by atoms with E-state index in [-0.39, 0.29) is 0 Å². The van der Waals surface area contributed by atoms with Crippen LogP contribution in [0.25, 0.3) is 0 Å². The highest BCUT2D eigenvalue weighted by Gasteiger charge is 2.09. The highest BCUT2D eigenvalue weighted by atomic mass is 16.5. The van der Waals surface area contributed by atoms with Crippen LogP contribution in [0.3, 0.4) is 0 Å². The molecule has 0 radical (unpaired) electrons. The van der Waals surface area contributed by atoms with Crippen LogP contribution in [0.5, 0.6) is 0 Å². The number of ether oxygens (including phenoxy) is 1. The van der Waals surface area contributed by atoms with Crippen LogP contribution in [0.15, 0.2) is 11.6 Å². The lowest BCUT2D eigenvalue weighted by atomic mass is 10.1. The van der Waals surface area contributed by atoms with Gasteiger partial charge in [0.25, 0.3) is 0 Å². The number of rotatable bonds is 1. The van der Waals surface area contributed by atoms with Gasteiger partial charge < -0.3 is 9.84 Å². The van der Waals surface area contributed by atoms with Crippen molar-refractivity contribution in [3.63, 3.8) is 0 Å². The monoisotopic (exact) mass is 128 g/mol. The molecular formula is C6H8O3. The molecule has 0 aromatic heterocycles. The smallest absolute Gasteiger partial charge is 0.331 e. The molecule has 0 aromatic carbocycles. The molecule has 0 fully saturated rings. The Morgan fingerprint density at radius 1 is 1.78 bits per heavy atom. The second kappa shape index (κ2) is 2.64. The molecule has 1 N–H and O–H groups in total. The van der Waals surface area contributed by atoms with Gasteiger partial charge in [0, 0.05) is 12.0 Å². The minimum atomic E-state index is -0.821. The van der Waals surface area contributed by atoms with Crippen molar-refractivity contribution < 1.29 is 14.6 Å². The van der Waals surface area contributed by atoms with E-state index >= 15 is 0 Å². The first-order valence-electron chi connectivity index (χ1n) is 2.81. The fraction of sp³-hybridized carbons (Fsp3) is 0.500. The summed E-state index contributed by atoms with van der Waals surface area (Å²) in [5, 5.41) is 8.41. The highest BCUT2D eigenvalue weighted by Crippen LogP contribution is 2.06. The van der Waals surface area contributed by atoms with Crippen LogP contribution in [0.4, 0.5) is 0 Å². The van der Waals surface area contributed by atoms with Crippen LogP contribution < -0.4 is 0 Å². The molecule has 0 unspecified atom stereocenters. The lowest BCUT2D eigenvalue weighted by molar-refractivity contribution is -0.133. The van der Waals surface area contributed by atoms with E-state index in [9.17, 15) is 4.79 Å². The van der Waals surface area contributed by atoms with Crippen molar-refractivity contribution >= 4 is 5.97 Å². The Hall–Kier alpha value is -0.830. The lowest BCUT2D eigenvalue weighted by Gasteiger charge is -2.08. The highest BCUT2D eigenvalue weighted by molar-refractivity contribution is 5.86. The van der Waals surface area contributed by atoms with Crippen LogP contribution in [-0.2, 0) is 9.53 Å². The summed E-state index contributed by atoms with van der Waals surface area (Å²) < 4.78 is 4.91. The third kappa shape index (κ3) is 1.54. The van der Waals surface area contributed by atoms with Gasteiger partial charge >= 0.3 is 5.97 Å². The summed E-state index contributed by atoms with van der Waals surface area (Å²) in [6.07, 6.45) is 2.14. The fourth-order valence-corrected chi connectivity index (χ4v) is 0.721. The largest absolute Gasteiger partial charge is 0.478 e. The predicted octanol–water partition coefficient (Wildman–Crippen LogP) is 0.418. The third-order valence-corrected chi connectivity index (χ3v) is 1.24. The van der Waals surface area contributed by atoms with Gasteiger partial charge in [-0.25, -0.2) is 4.79 Å². The summed E-state index contributed by atoms with van der Waals surface area (Å²) in [7, 11) is 0. The van der Waals surface area contributed by atoms with Crippen molar-refractivity contribution in [3.8, 4) is 0 Å². The maximum absolute atomic E-state index is 10.2. The first kappa shape index (κ1) is 6.29. The van der Waals surface area contributed by atoms with Gasteiger partial charge in [0.1, 0.15) is 0 Å². The molecule has 9 heavy (non-hydrogen) atoms. The van der Waals surface area contributed by atoms with E-state index < -0.39 is 5.97 Å². The van der Waals surface area contributed by atoms with E-state index in [1.807, 2.05) is 0 Å². The quantitative estimate of drug-likeness (QED) is 0.556. The molecule has 1 aliphatic heterocycles. The van der Waals surface area contributed by atoms with Gasteiger partial charge in [-0.05, 0) is 6.08 Å². The minimum Gasteiger partial charge on any atom is -0.478 e. The zero-order valence-electron chi connectivity index (χ0n) is 4.96. The Bertz CT molecular complexity index is 148.